The molecule has 0 N–H and O–H groups in total. The Morgan fingerprint density at radius 3 is 2.64 bits per heavy atom. The summed E-state index contributed by atoms with van der Waals surface area (Å²) in [7, 11) is 0. The van der Waals surface area contributed by atoms with E-state index in [0.717, 1.165) is 49.0 Å². The molecule has 1 aliphatic heterocycles. The number of thiazole rings is 1. The highest BCUT2D eigenvalue weighted by molar-refractivity contribution is 7.13. The maximum absolute atomic E-state index is 12.7. The van der Waals surface area contributed by atoms with Crippen molar-refractivity contribution in [2.45, 2.75) is 19.9 Å². The van der Waals surface area contributed by atoms with Gasteiger partial charge < -0.3 is 4.90 Å². The van der Waals surface area contributed by atoms with Crippen LogP contribution in [-0.4, -0.2) is 51.9 Å². The minimum atomic E-state index is 0.171. The van der Waals surface area contributed by atoms with E-state index in [9.17, 15) is 4.79 Å². The van der Waals surface area contributed by atoms with Gasteiger partial charge in [0.05, 0.1) is 12.1 Å². The van der Waals surface area contributed by atoms with Gasteiger partial charge in [0, 0.05) is 56.1 Å². The quantitative estimate of drug-likeness (QED) is 0.668. The van der Waals surface area contributed by atoms with Crippen molar-refractivity contribution in [3.63, 3.8) is 0 Å². The summed E-state index contributed by atoms with van der Waals surface area (Å²) in [6.45, 7) is 6.35. The van der Waals surface area contributed by atoms with Gasteiger partial charge in [-0.25, -0.2) is 4.98 Å². The van der Waals surface area contributed by atoms with Crippen LogP contribution < -0.4 is 0 Å². The van der Waals surface area contributed by atoms with E-state index in [1.165, 1.54) is 11.1 Å². The fourth-order valence-electron chi connectivity index (χ4n) is 3.47. The van der Waals surface area contributed by atoms with Crippen molar-refractivity contribution in [2.24, 2.45) is 0 Å². The molecule has 5 nitrogen and oxygen atoms in total. The molecule has 0 aliphatic carbocycles. The van der Waals surface area contributed by atoms with Gasteiger partial charge in [-0.2, -0.15) is 0 Å². The summed E-state index contributed by atoms with van der Waals surface area (Å²) in [6, 6.07) is 12.4. The van der Waals surface area contributed by atoms with Gasteiger partial charge in [0.15, 0.2) is 0 Å². The molecule has 1 amide bonds. The first-order chi connectivity index (χ1) is 13.7. The Bertz CT molecular complexity index is 932. The van der Waals surface area contributed by atoms with Crippen molar-refractivity contribution in [3.05, 3.63) is 71.0 Å². The Balaban J connectivity index is 1.30. The molecular weight excluding hydrogens is 368 g/mol. The lowest BCUT2D eigenvalue weighted by molar-refractivity contribution is -0.132. The van der Waals surface area contributed by atoms with Crippen LogP contribution in [-0.2, 0) is 17.8 Å². The predicted molar refractivity (Wildman–Crippen MR) is 112 cm³/mol. The zero-order chi connectivity index (χ0) is 19.3. The standard InChI is InChI=1S/C22H24N4OS/c1-17-3-2-4-19(13-17)22-24-20(16-28-22)14-21(27)26-11-9-25(10-12-26)15-18-5-7-23-8-6-18/h2-8,13,16H,9-12,14-15H2,1H3. The van der Waals surface area contributed by atoms with Crippen LogP contribution in [0, 0.1) is 6.92 Å². The molecule has 3 heterocycles. The molecule has 4 rings (SSSR count). The molecule has 0 radical (unpaired) electrons. The number of aryl methyl sites for hydroxylation is 1. The Morgan fingerprint density at radius 1 is 1.11 bits per heavy atom. The molecule has 1 aliphatic rings. The maximum atomic E-state index is 12.7. The minimum Gasteiger partial charge on any atom is -0.340 e. The van der Waals surface area contributed by atoms with E-state index < -0.39 is 0 Å². The summed E-state index contributed by atoms with van der Waals surface area (Å²) in [5.41, 5.74) is 4.47. The number of carbonyl (C=O) groups is 1. The largest absolute Gasteiger partial charge is 0.340 e. The van der Waals surface area contributed by atoms with Crippen molar-refractivity contribution in [3.8, 4) is 10.6 Å². The first-order valence-electron chi connectivity index (χ1n) is 9.58. The second kappa shape index (κ2) is 8.63. The Hall–Kier alpha value is -2.57. The number of aromatic nitrogens is 2. The normalized spacial score (nSPS) is 15.0. The third kappa shape index (κ3) is 4.64. The van der Waals surface area contributed by atoms with E-state index in [1.54, 1.807) is 11.3 Å². The highest BCUT2D eigenvalue weighted by Crippen LogP contribution is 2.25. The third-order valence-corrected chi connectivity index (χ3v) is 5.97. The smallest absolute Gasteiger partial charge is 0.228 e. The van der Waals surface area contributed by atoms with Gasteiger partial charge >= 0.3 is 0 Å². The number of nitrogens with zero attached hydrogens (tertiary/aromatic N) is 4. The number of amides is 1. The van der Waals surface area contributed by atoms with Gasteiger partial charge in [-0.05, 0) is 30.7 Å². The van der Waals surface area contributed by atoms with Gasteiger partial charge in [-0.1, -0.05) is 23.8 Å². The zero-order valence-electron chi connectivity index (χ0n) is 16.0. The molecule has 1 aromatic carbocycles. The number of hydrogen-bond donors (Lipinski definition) is 0. The summed E-state index contributed by atoms with van der Waals surface area (Å²) in [4.78, 5) is 25.8. The van der Waals surface area contributed by atoms with Crippen LogP contribution in [0.25, 0.3) is 10.6 Å². The fourth-order valence-corrected chi connectivity index (χ4v) is 4.28. The molecule has 1 fully saturated rings. The van der Waals surface area contributed by atoms with E-state index >= 15 is 0 Å². The number of rotatable bonds is 5. The van der Waals surface area contributed by atoms with Crippen molar-refractivity contribution in [1.82, 2.24) is 19.8 Å². The summed E-state index contributed by atoms with van der Waals surface area (Å²) in [5.74, 6) is 0.171. The van der Waals surface area contributed by atoms with Crippen LogP contribution in [0.15, 0.2) is 54.2 Å². The predicted octanol–water partition coefficient (Wildman–Crippen LogP) is 3.40. The lowest BCUT2D eigenvalue weighted by Gasteiger charge is -2.34. The Labute approximate surface area is 169 Å². The number of benzene rings is 1. The molecule has 28 heavy (non-hydrogen) atoms. The summed E-state index contributed by atoms with van der Waals surface area (Å²) < 4.78 is 0. The molecular formula is C22H24N4OS. The van der Waals surface area contributed by atoms with E-state index in [4.69, 9.17) is 0 Å². The Morgan fingerprint density at radius 2 is 1.89 bits per heavy atom. The highest BCUT2D eigenvalue weighted by Gasteiger charge is 2.22. The molecule has 2 aromatic heterocycles. The second-order valence-electron chi connectivity index (χ2n) is 7.20. The maximum Gasteiger partial charge on any atom is 0.228 e. The fraction of sp³-hybridized carbons (Fsp3) is 0.318. The first-order valence-corrected chi connectivity index (χ1v) is 10.5. The SMILES string of the molecule is Cc1cccc(-c2nc(CC(=O)N3CCN(Cc4ccncc4)CC3)cs2)c1. The van der Waals surface area contributed by atoms with Crippen LogP contribution in [0.1, 0.15) is 16.8 Å². The molecule has 0 atom stereocenters. The molecule has 0 saturated carbocycles. The highest BCUT2D eigenvalue weighted by atomic mass is 32.1. The number of hydrogen-bond acceptors (Lipinski definition) is 5. The van der Waals surface area contributed by atoms with Crippen molar-refractivity contribution in [1.29, 1.82) is 0 Å². The molecule has 1 saturated heterocycles. The monoisotopic (exact) mass is 392 g/mol. The average molecular weight is 393 g/mol. The van der Waals surface area contributed by atoms with Crippen molar-refractivity contribution < 1.29 is 4.79 Å². The Kier molecular flexibility index (Phi) is 5.78. The summed E-state index contributed by atoms with van der Waals surface area (Å²) in [5, 5.41) is 2.99. The number of carbonyl (C=O) groups excluding carboxylic acids is 1. The second-order valence-corrected chi connectivity index (χ2v) is 8.06. The van der Waals surface area contributed by atoms with E-state index in [2.05, 4.69) is 40.0 Å². The van der Waals surface area contributed by atoms with Crippen LogP contribution >= 0.6 is 11.3 Å². The third-order valence-electron chi connectivity index (χ3n) is 5.03. The summed E-state index contributed by atoms with van der Waals surface area (Å²) in [6.07, 6.45) is 4.04. The molecule has 0 spiro atoms. The number of piperazine rings is 1. The van der Waals surface area contributed by atoms with E-state index in [1.807, 2.05) is 40.9 Å². The van der Waals surface area contributed by atoms with Gasteiger partial charge in [-0.15, -0.1) is 11.3 Å². The summed E-state index contributed by atoms with van der Waals surface area (Å²) >= 11 is 1.61. The molecule has 0 bridgehead atoms. The van der Waals surface area contributed by atoms with Crippen molar-refractivity contribution >= 4 is 17.2 Å². The van der Waals surface area contributed by atoms with Crippen LogP contribution in [0.5, 0.6) is 0 Å². The number of pyridine rings is 1. The van der Waals surface area contributed by atoms with E-state index in [0.29, 0.717) is 6.42 Å². The molecule has 6 heteroatoms. The molecule has 3 aromatic rings. The van der Waals surface area contributed by atoms with Gasteiger partial charge in [-0.3, -0.25) is 14.7 Å². The van der Waals surface area contributed by atoms with Crippen molar-refractivity contribution in [2.75, 3.05) is 26.2 Å². The lowest BCUT2D eigenvalue weighted by Crippen LogP contribution is -2.48. The minimum absolute atomic E-state index is 0.171. The first kappa shape index (κ1) is 18.8. The molecule has 144 valence electrons. The van der Waals surface area contributed by atoms with Gasteiger partial charge in [0.25, 0.3) is 0 Å². The van der Waals surface area contributed by atoms with Gasteiger partial charge in [0.1, 0.15) is 5.01 Å². The zero-order valence-corrected chi connectivity index (χ0v) is 16.9. The van der Waals surface area contributed by atoms with Crippen LogP contribution in [0.2, 0.25) is 0 Å². The lowest BCUT2D eigenvalue weighted by atomic mass is 10.1. The van der Waals surface area contributed by atoms with Gasteiger partial charge in [0.2, 0.25) is 5.91 Å². The van der Waals surface area contributed by atoms with Crippen LogP contribution in [0.4, 0.5) is 0 Å². The average Bonchev–Trinajstić information content (AvgIpc) is 3.18. The molecule has 0 unspecified atom stereocenters. The van der Waals surface area contributed by atoms with E-state index in [-0.39, 0.29) is 5.91 Å². The van der Waals surface area contributed by atoms with Crippen LogP contribution in [0.3, 0.4) is 0 Å². The topological polar surface area (TPSA) is 49.3 Å².